The molecule has 1 amide bonds. The maximum Gasteiger partial charge on any atom is 0.275 e. The van der Waals surface area contributed by atoms with Gasteiger partial charge >= 0.3 is 0 Å². The lowest BCUT2D eigenvalue weighted by Crippen LogP contribution is -2.43. The van der Waals surface area contributed by atoms with Crippen molar-refractivity contribution in [1.82, 2.24) is 9.62 Å². The van der Waals surface area contributed by atoms with Gasteiger partial charge in [0.2, 0.25) is 5.91 Å². The van der Waals surface area contributed by atoms with Gasteiger partial charge in [0, 0.05) is 13.6 Å². The van der Waals surface area contributed by atoms with E-state index in [1.807, 2.05) is 0 Å². The zero-order chi connectivity index (χ0) is 9.35. The van der Waals surface area contributed by atoms with E-state index in [-0.39, 0.29) is 5.91 Å². The molecule has 12 heavy (non-hydrogen) atoms. The second-order valence-corrected chi connectivity index (χ2v) is 4.09. The molecule has 0 radical (unpaired) electrons. The van der Waals surface area contributed by atoms with Crippen LogP contribution in [-0.2, 0) is 15.0 Å². The van der Waals surface area contributed by atoms with Gasteiger partial charge in [-0.25, -0.2) is 5.14 Å². The van der Waals surface area contributed by atoms with Gasteiger partial charge in [-0.15, -0.1) is 0 Å². The standard InChI is InChI=1S/C5H11N3O3S/c1-8-3-2-4(5(8)9)7-12(6,10)11/h4,7H,2-3H2,1H3,(H2,6,10,11). The zero-order valence-corrected chi connectivity index (χ0v) is 7.47. The fourth-order valence-electron chi connectivity index (χ4n) is 1.13. The number of amides is 1. The molecule has 0 spiro atoms. The first-order chi connectivity index (χ1) is 5.40. The average Bonchev–Trinajstić information content (AvgIpc) is 2.16. The minimum absolute atomic E-state index is 0.232. The third-order valence-electron chi connectivity index (χ3n) is 1.73. The highest BCUT2D eigenvalue weighted by molar-refractivity contribution is 7.87. The lowest BCUT2D eigenvalue weighted by atomic mass is 10.3. The molecular formula is C5H11N3O3S. The van der Waals surface area contributed by atoms with E-state index < -0.39 is 16.3 Å². The molecule has 1 atom stereocenters. The first kappa shape index (κ1) is 9.43. The summed E-state index contributed by atoms with van der Waals surface area (Å²) in [6.45, 7) is 0.562. The normalized spacial score (nSPS) is 25.0. The number of carbonyl (C=O) groups excluding carboxylic acids is 1. The van der Waals surface area contributed by atoms with Crippen molar-refractivity contribution in [1.29, 1.82) is 0 Å². The molecule has 1 unspecified atom stereocenters. The average molecular weight is 193 g/mol. The van der Waals surface area contributed by atoms with E-state index in [9.17, 15) is 13.2 Å². The van der Waals surface area contributed by atoms with Crippen LogP contribution < -0.4 is 9.86 Å². The minimum Gasteiger partial charge on any atom is -0.344 e. The van der Waals surface area contributed by atoms with Crippen molar-refractivity contribution < 1.29 is 13.2 Å². The third-order valence-corrected chi connectivity index (χ3v) is 2.35. The molecule has 0 aromatic rings. The number of hydrogen-bond acceptors (Lipinski definition) is 3. The number of hydrogen-bond donors (Lipinski definition) is 2. The summed E-state index contributed by atoms with van der Waals surface area (Å²) in [5, 5.41) is 4.71. The molecule has 6 nitrogen and oxygen atoms in total. The number of nitrogens with one attached hydrogen (secondary N) is 1. The minimum atomic E-state index is -3.76. The topological polar surface area (TPSA) is 92.5 Å². The van der Waals surface area contributed by atoms with Crippen molar-refractivity contribution in [2.45, 2.75) is 12.5 Å². The summed E-state index contributed by atoms with van der Waals surface area (Å²) in [4.78, 5) is 12.6. The Balaban J connectivity index is 2.62. The van der Waals surface area contributed by atoms with Crippen molar-refractivity contribution in [3.05, 3.63) is 0 Å². The van der Waals surface area contributed by atoms with Gasteiger partial charge in [0.1, 0.15) is 6.04 Å². The molecule has 0 bridgehead atoms. The summed E-state index contributed by atoms with van der Waals surface area (Å²) >= 11 is 0. The van der Waals surface area contributed by atoms with Crippen LogP contribution in [0.25, 0.3) is 0 Å². The van der Waals surface area contributed by atoms with Crippen LogP contribution in [0.3, 0.4) is 0 Å². The predicted molar refractivity (Wildman–Crippen MR) is 42.3 cm³/mol. The van der Waals surface area contributed by atoms with Crippen LogP contribution in [0.4, 0.5) is 0 Å². The Labute approximate surface area is 70.9 Å². The first-order valence-corrected chi connectivity index (χ1v) is 5.00. The largest absolute Gasteiger partial charge is 0.344 e. The van der Waals surface area contributed by atoms with Crippen molar-refractivity contribution in [3.8, 4) is 0 Å². The molecule has 1 saturated heterocycles. The highest BCUT2D eigenvalue weighted by Crippen LogP contribution is 2.08. The molecule has 0 aromatic heterocycles. The summed E-state index contributed by atoms with van der Waals surface area (Å²) in [6.07, 6.45) is 0.478. The number of nitrogens with zero attached hydrogens (tertiary/aromatic N) is 1. The van der Waals surface area contributed by atoms with E-state index in [1.54, 1.807) is 7.05 Å². The number of nitrogens with two attached hydrogens (primary N) is 1. The van der Waals surface area contributed by atoms with Crippen LogP contribution in [0.15, 0.2) is 0 Å². The quantitative estimate of drug-likeness (QED) is 0.531. The SMILES string of the molecule is CN1CCC(NS(N)(=O)=O)C1=O. The molecule has 1 aliphatic heterocycles. The lowest BCUT2D eigenvalue weighted by molar-refractivity contribution is -0.127. The maximum absolute atomic E-state index is 11.1. The lowest BCUT2D eigenvalue weighted by Gasteiger charge is -2.09. The van der Waals surface area contributed by atoms with Crippen LogP contribution in [-0.4, -0.2) is 38.9 Å². The number of likely N-dealkylation sites (tertiary alicyclic amines) is 1. The van der Waals surface area contributed by atoms with E-state index in [1.165, 1.54) is 4.90 Å². The van der Waals surface area contributed by atoms with E-state index in [0.717, 1.165) is 0 Å². The molecule has 0 aliphatic carbocycles. The molecule has 1 fully saturated rings. The predicted octanol–water partition coefficient (Wildman–Crippen LogP) is -1.99. The van der Waals surface area contributed by atoms with Crippen LogP contribution in [0.2, 0.25) is 0 Å². The number of likely N-dealkylation sites (N-methyl/N-ethyl adjacent to an activating group) is 1. The molecule has 1 heterocycles. The number of rotatable bonds is 2. The van der Waals surface area contributed by atoms with Crippen molar-refractivity contribution >= 4 is 16.1 Å². The second-order valence-electron chi connectivity index (χ2n) is 2.76. The van der Waals surface area contributed by atoms with E-state index in [4.69, 9.17) is 5.14 Å². The smallest absolute Gasteiger partial charge is 0.275 e. The van der Waals surface area contributed by atoms with Crippen molar-refractivity contribution in [3.63, 3.8) is 0 Å². The maximum atomic E-state index is 11.1. The Morgan fingerprint density at radius 2 is 2.25 bits per heavy atom. The molecule has 3 N–H and O–H groups in total. The van der Waals surface area contributed by atoms with Gasteiger partial charge < -0.3 is 4.90 Å². The summed E-state index contributed by atoms with van der Waals surface area (Å²) in [5.41, 5.74) is 0. The summed E-state index contributed by atoms with van der Waals surface area (Å²) < 4.78 is 23.1. The van der Waals surface area contributed by atoms with Gasteiger partial charge in [-0.2, -0.15) is 13.1 Å². The summed E-state index contributed by atoms with van der Waals surface area (Å²) in [7, 11) is -2.14. The molecule has 0 saturated carbocycles. The summed E-state index contributed by atoms with van der Waals surface area (Å²) in [6, 6.07) is -0.676. The molecule has 70 valence electrons. The van der Waals surface area contributed by atoms with Crippen LogP contribution in [0.5, 0.6) is 0 Å². The Hall–Kier alpha value is -0.660. The molecule has 7 heteroatoms. The van der Waals surface area contributed by atoms with Gasteiger partial charge in [0.25, 0.3) is 10.2 Å². The first-order valence-electron chi connectivity index (χ1n) is 3.45. The molecule has 1 rings (SSSR count). The highest BCUT2D eigenvalue weighted by Gasteiger charge is 2.30. The molecule has 0 aromatic carbocycles. The van der Waals surface area contributed by atoms with Crippen LogP contribution in [0.1, 0.15) is 6.42 Å². The van der Waals surface area contributed by atoms with Gasteiger partial charge in [-0.1, -0.05) is 0 Å². The van der Waals surface area contributed by atoms with E-state index >= 15 is 0 Å². The van der Waals surface area contributed by atoms with Gasteiger partial charge in [0.15, 0.2) is 0 Å². The molecular weight excluding hydrogens is 182 g/mol. The van der Waals surface area contributed by atoms with E-state index in [0.29, 0.717) is 13.0 Å². The Bertz CT molecular complexity index is 286. The Kier molecular flexibility index (Phi) is 2.36. The molecule has 1 aliphatic rings. The highest BCUT2D eigenvalue weighted by atomic mass is 32.2. The summed E-state index contributed by atoms with van der Waals surface area (Å²) in [5.74, 6) is -0.232. The van der Waals surface area contributed by atoms with Crippen LogP contribution in [0, 0.1) is 0 Å². The number of carbonyl (C=O) groups is 1. The fourth-order valence-corrected chi connectivity index (χ4v) is 1.75. The third kappa shape index (κ3) is 2.16. The Morgan fingerprint density at radius 1 is 1.67 bits per heavy atom. The van der Waals surface area contributed by atoms with E-state index in [2.05, 4.69) is 4.72 Å². The van der Waals surface area contributed by atoms with Crippen LogP contribution >= 0.6 is 0 Å². The van der Waals surface area contributed by atoms with Gasteiger partial charge in [-0.3, -0.25) is 4.79 Å². The second kappa shape index (κ2) is 3.00. The van der Waals surface area contributed by atoms with Gasteiger partial charge in [0.05, 0.1) is 0 Å². The Morgan fingerprint density at radius 3 is 2.58 bits per heavy atom. The van der Waals surface area contributed by atoms with Gasteiger partial charge in [-0.05, 0) is 6.42 Å². The monoisotopic (exact) mass is 193 g/mol. The van der Waals surface area contributed by atoms with Crippen molar-refractivity contribution in [2.24, 2.45) is 5.14 Å². The zero-order valence-electron chi connectivity index (χ0n) is 6.65. The fraction of sp³-hybridized carbons (Fsp3) is 0.800. The van der Waals surface area contributed by atoms with Crippen molar-refractivity contribution in [2.75, 3.05) is 13.6 Å².